The van der Waals surface area contributed by atoms with Gasteiger partial charge in [-0.3, -0.25) is 0 Å². The molecular formula is C22H25NO3S. The van der Waals surface area contributed by atoms with Crippen LogP contribution in [-0.2, 0) is 21.2 Å². The van der Waals surface area contributed by atoms with Crippen LogP contribution in [0.2, 0.25) is 0 Å². The van der Waals surface area contributed by atoms with Gasteiger partial charge >= 0.3 is 0 Å². The number of allylic oxidation sites excluding steroid dienone is 1. The molecule has 0 fully saturated rings. The molecule has 27 heavy (non-hydrogen) atoms. The maximum atomic E-state index is 12.3. The predicted octanol–water partition coefficient (Wildman–Crippen LogP) is 3.91. The van der Waals surface area contributed by atoms with Crippen molar-refractivity contribution in [3.05, 3.63) is 88.5 Å². The third-order valence-corrected chi connectivity index (χ3v) is 6.20. The molecule has 5 heteroatoms. The second-order valence-corrected chi connectivity index (χ2v) is 9.41. The first kappa shape index (κ1) is 19.4. The highest BCUT2D eigenvalue weighted by Crippen LogP contribution is 2.46. The van der Waals surface area contributed by atoms with E-state index in [-0.39, 0.29) is 4.91 Å². The van der Waals surface area contributed by atoms with Gasteiger partial charge in [0, 0.05) is 17.2 Å². The van der Waals surface area contributed by atoms with Crippen molar-refractivity contribution < 1.29 is 13.2 Å². The summed E-state index contributed by atoms with van der Waals surface area (Å²) in [7, 11) is -3.45. The zero-order chi connectivity index (χ0) is 19.7. The smallest absolute Gasteiger partial charge is 0.173 e. The normalized spacial score (nSPS) is 19.6. The van der Waals surface area contributed by atoms with Crippen LogP contribution >= 0.6 is 0 Å². The van der Waals surface area contributed by atoms with Gasteiger partial charge in [-0.1, -0.05) is 74.5 Å². The molecule has 2 aromatic rings. The van der Waals surface area contributed by atoms with Crippen molar-refractivity contribution in [2.75, 3.05) is 6.26 Å². The standard InChI is InChI=1S/C22H25NO3S/c1-22(2)20(17-12-8-5-9-13-17)18(14-19(21(22)23)27(3,24)25)26-15-16-10-6-4-7-11-16/h4-14,21H,15,23H2,1-3H3. The minimum atomic E-state index is -3.45. The van der Waals surface area contributed by atoms with Gasteiger partial charge in [0.05, 0.1) is 10.9 Å². The van der Waals surface area contributed by atoms with E-state index < -0.39 is 21.3 Å². The molecule has 0 spiro atoms. The van der Waals surface area contributed by atoms with E-state index >= 15 is 0 Å². The second kappa shape index (κ2) is 7.33. The summed E-state index contributed by atoms with van der Waals surface area (Å²) in [5, 5.41) is 0. The third kappa shape index (κ3) is 3.99. The van der Waals surface area contributed by atoms with Crippen molar-refractivity contribution in [2.24, 2.45) is 11.1 Å². The Bertz CT molecular complexity index is 975. The quantitative estimate of drug-likeness (QED) is 0.850. The van der Waals surface area contributed by atoms with Crippen LogP contribution in [0.15, 0.2) is 77.4 Å². The van der Waals surface area contributed by atoms with Crippen molar-refractivity contribution in [3.8, 4) is 0 Å². The van der Waals surface area contributed by atoms with E-state index in [9.17, 15) is 8.42 Å². The van der Waals surface area contributed by atoms with E-state index in [0.29, 0.717) is 12.4 Å². The van der Waals surface area contributed by atoms with Crippen molar-refractivity contribution in [1.82, 2.24) is 0 Å². The average Bonchev–Trinajstić information content (AvgIpc) is 2.63. The minimum Gasteiger partial charge on any atom is -0.489 e. The largest absolute Gasteiger partial charge is 0.489 e. The summed E-state index contributed by atoms with van der Waals surface area (Å²) in [6, 6.07) is 19.0. The van der Waals surface area contributed by atoms with Crippen LogP contribution in [-0.4, -0.2) is 20.7 Å². The fourth-order valence-electron chi connectivity index (χ4n) is 3.43. The summed E-state index contributed by atoms with van der Waals surface area (Å²) < 4.78 is 30.8. The third-order valence-electron chi connectivity index (χ3n) is 4.98. The summed E-state index contributed by atoms with van der Waals surface area (Å²) in [6.07, 6.45) is 2.79. The molecule has 0 heterocycles. The van der Waals surface area contributed by atoms with Gasteiger partial charge in [-0.15, -0.1) is 0 Å². The number of ether oxygens (including phenoxy) is 1. The Hall–Kier alpha value is -2.37. The van der Waals surface area contributed by atoms with Crippen LogP contribution in [0.5, 0.6) is 0 Å². The van der Waals surface area contributed by atoms with Gasteiger partial charge in [-0.2, -0.15) is 0 Å². The van der Waals surface area contributed by atoms with Gasteiger partial charge in [0.2, 0.25) is 0 Å². The molecule has 2 aromatic carbocycles. The van der Waals surface area contributed by atoms with Crippen LogP contribution in [0.1, 0.15) is 25.0 Å². The first-order valence-electron chi connectivity index (χ1n) is 8.85. The molecule has 0 aromatic heterocycles. The van der Waals surface area contributed by atoms with Gasteiger partial charge in [-0.25, -0.2) is 8.42 Å². The Morgan fingerprint density at radius 3 is 2.11 bits per heavy atom. The first-order valence-corrected chi connectivity index (χ1v) is 10.7. The molecule has 0 saturated carbocycles. The lowest BCUT2D eigenvalue weighted by Gasteiger charge is -2.39. The van der Waals surface area contributed by atoms with E-state index in [2.05, 4.69) is 0 Å². The van der Waals surface area contributed by atoms with Crippen LogP contribution in [0, 0.1) is 5.41 Å². The van der Waals surface area contributed by atoms with Gasteiger partial charge in [0.15, 0.2) is 9.84 Å². The Morgan fingerprint density at radius 2 is 1.56 bits per heavy atom. The fraction of sp³-hybridized carbons (Fsp3) is 0.273. The van der Waals surface area contributed by atoms with E-state index in [1.54, 1.807) is 6.08 Å². The molecule has 142 valence electrons. The number of hydrogen-bond donors (Lipinski definition) is 1. The molecule has 0 saturated heterocycles. The van der Waals surface area contributed by atoms with Gasteiger partial charge < -0.3 is 10.5 Å². The molecule has 1 aliphatic rings. The fourth-order valence-corrected chi connectivity index (χ4v) is 4.50. The number of hydrogen-bond acceptors (Lipinski definition) is 4. The van der Waals surface area contributed by atoms with Crippen LogP contribution in [0.3, 0.4) is 0 Å². The summed E-state index contributed by atoms with van der Waals surface area (Å²) >= 11 is 0. The molecule has 1 unspecified atom stereocenters. The highest BCUT2D eigenvalue weighted by Gasteiger charge is 2.42. The first-order chi connectivity index (χ1) is 12.7. The molecule has 0 aliphatic heterocycles. The summed E-state index contributed by atoms with van der Waals surface area (Å²) in [6.45, 7) is 4.28. The van der Waals surface area contributed by atoms with E-state index in [1.807, 2.05) is 74.5 Å². The molecule has 0 bridgehead atoms. The zero-order valence-corrected chi connectivity index (χ0v) is 16.7. The van der Waals surface area contributed by atoms with Crippen LogP contribution < -0.4 is 5.73 Å². The zero-order valence-electron chi connectivity index (χ0n) is 15.8. The molecule has 0 amide bonds. The van der Waals surface area contributed by atoms with Crippen molar-refractivity contribution >= 4 is 15.4 Å². The Kier molecular flexibility index (Phi) is 5.27. The van der Waals surface area contributed by atoms with Crippen molar-refractivity contribution in [1.29, 1.82) is 0 Å². The van der Waals surface area contributed by atoms with E-state index in [0.717, 1.165) is 16.7 Å². The van der Waals surface area contributed by atoms with E-state index in [4.69, 9.17) is 10.5 Å². The number of sulfone groups is 1. The van der Waals surface area contributed by atoms with Crippen molar-refractivity contribution in [2.45, 2.75) is 26.5 Å². The minimum absolute atomic E-state index is 0.204. The van der Waals surface area contributed by atoms with Crippen LogP contribution in [0.4, 0.5) is 0 Å². The molecule has 0 radical (unpaired) electrons. The van der Waals surface area contributed by atoms with E-state index in [1.165, 1.54) is 6.26 Å². The number of rotatable bonds is 5. The highest BCUT2D eigenvalue weighted by atomic mass is 32.2. The SMILES string of the molecule is CC1(C)C(c2ccccc2)=C(OCc2ccccc2)C=C(S(C)(=O)=O)C1N. The lowest BCUT2D eigenvalue weighted by Crippen LogP contribution is -2.44. The summed E-state index contributed by atoms with van der Waals surface area (Å²) in [4.78, 5) is 0.204. The number of nitrogens with two attached hydrogens (primary N) is 1. The van der Waals surface area contributed by atoms with Gasteiger partial charge in [0.1, 0.15) is 12.4 Å². The Morgan fingerprint density at radius 1 is 1.00 bits per heavy atom. The molecule has 2 N–H and O–H groups in total. The topological polar surface area (TPSA) is 69.4 Å². The lowest BCUT2D eigenvalue weighted by atomic mass is 9.71. The monoisotopic (exact) mass is 383 g/mol. The number of benzene rings is 2. The molecular weight excluding hydrogens is 358 g/mol. The summed E-state index contributed by atoms with van der Waals surface area (Å²) in [5.41, 5.74) is 8.70. The van der Waals surface area contributed by atoms with Gasteiger partial charge in [-0.05, 0) is 17.2 Å². The predicted molar refractivity (Wildman–Crippen MR) is 109 cm³/mol. The average molecular weight is 384 g/mol. The Balaban J connectivity index is 2.14. The highest BCUT2D eigenvalue weighted by molar-refractivity contribution is 7.94. The van der Waals surface area contributed by atoms with Crippen LogP contribution in [0.25, 0.3) is 5.57 Å². The summed E-state index contributed by atoms with van der Waals surface area (Å²) in [5.74, 6) is 0.553. The maximum Gasteiger partial charge on any atom is 0.173 e. The molecule has 1 atom stereocenters. The maximum absolute atomic E-state index is 12.3. The molecule has 4 nitrogen and oxygen atoms in total. The van der Waals surface area contributed by atoms with Gasteiger partial charge in [0.25, 0.3) is 0 Å². The lowest BCUT2D eigenvalue weighted by molar-refractivity contribution is 0.205. The molecule has 3 rings (SSSR count). The Labute approximate surface area is 161 Å². The molecule has 1 aliphatic carbocycles. The van der Waals surface area contributed by atoms with Crippen molar-refractivity contribution in [3.63, 3.8) is 0 Å². The second-order valence-electron chi connectivity index (χ2n) is 7.40.